The van der Waals surface area contributed by atoms with Crippen molar-refractivity contribution in [2.24, 2.45) is 0 Å². The Balaban J connectivity index is 1.45. The van der Waals surface area contributed by atoms with Crippen LogP contribution in [0.15, 0.2) is 65.6 Å². The number of amides is 1. The van der Waals surface area contributed by atoms with Crippen LogP contribution >= 0.6 is 0 Å². The van der Waals surface area contributed by atoms with Crippen molar-refractivity contribution in [1.29, 1.82) is 0 Å². The first-order valence-electron chi connectivity index (χ1n) is 10.9. The highest BCUT2D eigenvalue weighted by Crippen LogP contribution is 2.25. The van der Waals surface area contributed by atoms with E-state index in [0.29, 0.717) is 31.5 Å². The number of benzene rings is 2. The smallest absolute Gasteiger partial charge is 0.255 e. The Bertz CT molecular complexity index is 1220. The summed E-state index contributed by atoms with van der Waals surface area (Å²) in [5.41, 5.74) is 4.88. The van der Waals surface area contributed by atoms with Crippen LogP contribution in [0.1, 0.15) is 40.2 Å². The van der Waals surface area contributed by atoms with Crippen molar-refractivity contribution in [1.82, 2.24) is 14.2 Å². The van der Waals surface area contributed by atoms with E-state index in [4.69, 9.17) is 0 Å². The summed E-state index contributed by atoms with van der Waals surface area (Å²) >= 11 is 0. The maximum Gasteiger partial charge on any atom is 0.255 e. The van der Waals surface area contributed by atoms with Crippen LogP contribution in [0.25, 0.3) is 5.69 Å². The van der Waals surface area contributed by atoms with E-state index in [1.807, 2.05) is 36.9 Å². The van der Waals surface area contributed by atoms with Crippen molar-refractivity contribution < 1.29 is 13.2 Å². The highest BCUT2D eigenvalue weighted by molar-refractivity contribution is 7.89. The van der Waals surface area contributed by atoms with E-state index in [2.05, 4.69) is 28.3 Å². The molecule has 2 heterocycles. The minimum atomic E-state index is -3.55. The highest BCUT2D eigenvalue weighted by Gasteiger charge is 2.29. The van der Waals surface area contributed by atoms with E-state index in [-0.39, 0.29) is 16.8 Å². The molecule has 168 valence electrons. The first-order valence-corrected chi connectivity index (χ1v) is 12.4. The van der Waals surface area contributed by atoms with Gasteiger partial charge in [0.25, 0.3) is 5.91 Å². The number of carbonyl (C=O) groups excluding carboxylic acids is 1. The number of hydrogen-bond acceptors (Lipinski definition) is 3. The molecule has 1 N–H and O–H groups in total. The average molecular weight is 452 g/mol. The van der Waals surface area contributed by atoms with Crippen molar-refractivity contribution in [3.05, 3.63) is 83.2 Å². The lowest BCUT2D eigenvalue weighted by Gasteiger charge is -2.32. The Morgan fingerprint density at radius 1 is 0.938 bits per heavy atom. The van der Waals surface area contributed by atoms with E-state index >= 15 is 0 Å². The number of aromatic nitrogens is 1. The van der Waals surface area contributed by atoms with E-state index in [0.717, 1.165) is 22.6 Å². The van der Waals surface area contributed by atoms with E-state index < -0.39 is 10.0 Å². The van der Waals surface area contributed by atoms with Gasteiger partial charge in [-0.1, -0.05) is 36.4 Å². The number of piperidine rings is 1. The van der Waals surface area contributed by atoms with Gasteiger partial charge in [0.05, 0.1) is 10.5 Å². The lowest BCUT2D eigenvalue weighted by molar-refractivity contribution is 0.0710. The average Bonchev–Trinajstić information content (AvgIpc) is 3.08. The lowest BCUT2D eigenvalue weighted by atomic mass is 10.0. The van der Waals surface area contributed by atoms with Crippen LogP contribution in [0.5, 0.6) is 0 Å². The molecule has 0 unspecified atom stereocenters. The van der Waals surface area contributed by atoms with Gasteiger partial charge < -0.3 is 9.47 Å². The molecule has 1 aromatic heterocycles. The zero-order chi connectivity index (χ0) is 22.9. The molecule has 0 bridgehead atoms. The first-order chi connectivity index (χ1) is 15.3. The van der Waals surface area contributed by atoms with Crippen LogP contribution in [0, 0.1) is 20.8 Å². The van der Waals surface area contributed by atoms with Crippen molar-refractivity contribution >= 4 is 15.9 Å². The van der Waals surface area contributed by atoms with E-state index in [1.165, 1.54) is 0 Å². The quantitative estimate of drug-likeness (QED) is 0.638. The van der Waals surface area contributed by atoms with Gasteiger partial charge in [-0.25, -0.2) is 13.1 Å². The predicted octanol–water partition coefficient (Wildman–Crippen LogP) is 3.99. The largest absolute Gasteiger partial charge is 0.338 e. The Kier molecular flexibility index (Phi) is 6.22. The molecule has 2 aromatic carbocycles. The van der Waals surface area contributed by atoms with Crippen LogP contribution in [0.3, 0.4) is 0 Å². The number of aryl methyl sites for hydroxylation is 2. The number of sulfonamides is 1. The Labute approximate surface area is 189 Å². The van der Waals surface area contributed by atoms with Gasteiger partial charge in [-0.3, -0.25) is 4.79 Å². The number of carbonyl (C=O) groups is 1. The van der Waals surface area contributed by atoms with Crippen LogP contribution < -0.4 is 4.72 Å². The normalized spacial score (nSPS) is 15.2. The minimum absolute atomic E-state index is 0.00213. The van der Waals surface area contributed by atoms with Crippen molar-refractivity contribution in [3.63, 3.8) is 0 Å². The third-order valence-electron chi connectivity index (χ3n) is 6.18. The summed E-state index contributed by atoms with van der Waals surface area (Å²) in [6.45, 7) is 7.11. The fourth-order valence-electron chi connectivity index (χ4n) is 4.42. The maximum absolute atomic E-state index is 13.3. The number of hydrogen-bond donors (Lipinski definition) is 1. The molecule has 0 aliphatic carbocycles. The van der Waals surface area contributed by atoms with Crippen molar-refractivity contribution in [2.45, 2.75) is 44.6 Å². The second-order valence-corrected chi connectivity index (χ2v) is 10.1. The van der Waals surface area contributed by atoms with Gasteiger partial charge in [0.15, 0.2) is 0 Å². The number of nitrogens with one attached hydrogen (secondary N) is 1. The Hall–Kier alpha value is -2.90. The summed E-state index contributed by atoms with van der Waals surface area (Å²) in [6, 6.07) is 18.3. The van der Waals surface area contributed by atoms with Crippen molar-refractivity contribution in [3.8, 4) is 5.69 Å². The standard InChI is InChI=1S/C25H29N3O3S/c1-18-9-7-8-12-24(18)28-19(2)17-23(20(28)3)25(29)27-15-13-21(14-16-27)26-32(30,31)22-10-5-4-6-11-22/h4-12,17,21,26H,13-16H2,1-3H3. The molecular formula is C25H29N3O3S. The number of rotatable bonds is 5. The second-order valence-electron chi connectivity index (χ2n) is 8.41. The topological polar surface area (TPSA) is 71.4 Å². The molecule has 4 rings (SSSR count). The van der Waals surface area contributed by atoms with Gasteiger partial charge in [0.1, 0.15) is 0 Å². The third kappa shape index (κ3) is 4.36. The molecule has 3 aromatic rings. The molecule has 1 aliphatic rings. The SMILES string of the molecule is Cc1ccccc1-n1c(C)cc(C(=O)N2CCC(NS(=O)(=O)c3ccccc3)CC2)c1C. The minimum Gasteiger partial charge on any atom is -0.338 e. The summed E-state index contributed by atoms with van der Waals surface area (Å²) in [7, 11) is -3.55. The van der Waals surface area contributed by atoms with Crippen LogP contribution in [-0.2, 0) is 10.0 Å². The first kappa shape index (κ1) is 22.3. The number of para-hydroxylation sites is 1. The molecule has 7 heteroatoms. The summed E-state index contributed by atoms with van der Waals surface area (Å²) < 4.78 is 30.1. The molecule has 0 spiro atoms. The second kappa shape index (κ2) is 8.92. The van der Waals surface area contributed by atoms with Crippen LogP contribution in [0.2, 0.25) is 0 Å². The maximum atomic E-state index is 13.3. The fourth-order valence-corrected chi connectivity index (χ4v) is 5.75. The van der Waals surface area contributed by atoms with Gasteiger partial charge >= 0.3 is 0 Å². The number of nitrogens with zero attached hydrogens (tertiary/aromatic N) is 2. The summed E-state index contributed by atoms with van der Waals surface area (Å²) in [5, 5.41) is 0. The van der Waals surface area contributed by atoms with Gasteiger partial charge in [-0.15, -0.1) is 0 Å². The molecule has 1 saturated heterocycles. The highest BCUT2D eigenvalue weighted by atomic mass is 32.2. The Morgan fingerprint density at radius 2 is 1.56 bits per heavy atom. The molecule has 1 amide bonds. The predicted molar refractivity (Wildman–Crippen MR) is 126 cm³/mol. The van der Waals surface area contributed by atoms with Crippen LogP contribution in [0.4, 0.5) is 0 Å². The molecular weight excluding hydrogens is 422 g/mol. The van der Waals surface area contributed by atoms with E-state index in [1.54, 1.807) is 30.3 Å². The molecule has 0 atom stereocenters. The monoisotopic (exact) mass is 451 g/mol. The van der Waals surface area contributed by atoms with Gasteiger partial charge in [0, 0.05) is 36.2 Å². The van der Waals surface area contributed by atoms with Crippen LogP contribution in [-0.4, -0.2) is 42.9 Å². The molecule has 0 saturated carbocycles. The summed E-state index contributed by atoms with van der Waals surface area (Å²) in [6.07, 6.45) is 1.18. The van der Waals surface area contributed by atoms with Gasteiger partial charge in [-0.2, -0.15) is 0 Å². The molecule has 32 heavy (non-hydrogen) atoms. The number of likely N-dealkylation sites (tertiary alicyclic amines) is 1. The molecule has 1 aliphatic heterocycles. The molecule has 1 fully saturated rings. The summed E-state index contributed by atoms with van der Waals surface area (Å²) in [4.78, 5) is 15.4. The zero-order valence-electron chi connectivity index (χ0n) is 18.7. The molecule has 0 radical (unpaired) electrons. The van der Waals surface area contributed by atoms with E-state index in [9.17, 15) is 13.2 Å². The molecule has 6 nitrogen and oxygen atoms in total. The third-order valence-corrected chi connectivity index (χ3v) is 7.71. The van der Waals surface area contributed by atoms with Gasteiger partial charge in [-0.05, 0) is 63.4 Å². The van der Waals surface area contributed by atoms with Crippen molar-refractivity contribution in [2.75, 3.05) is 13.1 Å². The Morgan fingerprint density at radius 3 is 2.22 bits per heavy atom. The lowest BCUT2D eigenvalue weighted by Crippen LogP contribution is -2.46. The fraction of sp³-hybridized carbons (Fsp3) is 0.320. The zero-order valence-corrected chi connectivity index (χ0v) is 19.5. The van der Waals surface area contributed by atoms with Gasteiger partial charge in [0.2, 0.25) is 10.0 Å². The summed E-state index contributed by atoms with van der Waals surface area (Å²) in [5.74, 6) is 0.00213.